The molecule has 11 nitrogen and oxygen atoms in total. The Labute approximate surface area is 207 Å². The van der Waals surface area contributed by atoms with Gasteiger partial charge >= 0.3 is 6.09 Å². The third kappa shape index (κ3) is 6.24. The number of hydrogen-bond donors (Lipinski definition) is 3. The van der Waals surface area contributed by atoms with E-state index in [9.17, 15) is 17.6 Å². The number of aromatic nitrogens is 4. The second-order valence-corrected chi connectivity index (χ2v) is 10.3. The highest BCUT2D eigenvalue weighted by molar-refractivity contribution is 7.92. The van der Waals surface area contributed by atoms with Crippen molar-refractivity contribution in [1.29, 1.82) is 0 Å². The lowest BCUT2D eigenvalue weighted by Crippen LogP contribution is -2.38. The van der Waals surface area contributed by atoms with Crippen molar-refractivity contribution in [3.05, 3.63) is 42.2 Å². The molecule has 0 fully saturated rings. The lowest BCUT2D eigenvalue weighted by Gasteiger charge is -2.21. The average Bonchev–Trinajstić information content (AvgIpc) is 3.24. The van der Waals surface area contributed by atoms with Crippen molar-refractivity contribution in [1.82, 2.24) is 24.6 Å². The highest BCUT2D eigenvalue weighted by Gasteiger charge is 2.23. The van der Waals surface area contributed by atoms with Crippen molar-refractivity contribution in [3.63, 3.8) is 0 Å². The molecular formula is C22H27F2N7O4S. The molecule has 0 saturated heterocycles. The lowest BCUT2D eigenvalue weighted by molar-refractivity contribution is 0.144. The monoisotopic (exact) mass is 523 g/mol. The van der Waals surface area contributed by atoms with Crippen LogP contribution in [0.4, 0.5) is 25.2 Å². The Hall–Kier alpha value is -3.81. The number of halogens is 2. The molecule has 1 atom stereocenters. The first-order valence-corrected chi connectivity index (χ1v) is 12.8. The quantitative estimate of drug-likeness (QED) is 0.386. The van der Waals surface area contributed by atoms with Crippen LogP contribution in [-0.2, 0) is 10.0 Å². The van der Waals surface area contributed by atoms with Crippen LogP contribution in [0.25, 0.3) is 22.5 Å². The van der Waals surface area contributed by atoms with Gasteiger partial charge in [0.25, 0.3) is 0 Å². The van der Waals surface area contributed by atoms with Crippen LogP contribution in [0.5, 0.6) is 0 Å². The number of benzene rings is 1. The van der Waals surface area contributed by atoms with Crippen molar-refractivity contribution in [2.45, 2.75) is 32.9 Å². The molecule has 0 radical (unpaired) electrons. The molecule has 1 amide bonds. The predicted molar refractivity (Wildman–Crippen MR) is 131 cm³/mol. The highest BCUT2D eigenvalue weighted by atomic mass is 32.2. The number of amides is 1. The second kappa shape index (κ2) is 10.4. The first-order valence-electron chi connectivity index (χ1n) is 10.9. The van der Waals surface area contributed by atoms with Crippen LogP contribution in [0, 0.1) is 11.6 Å². The van der Waals surface area contributed by atoms with Crippen LogP contribution in [0.15, 0.2) is 30.6 Å². The van der Waals surface area contributed by atoms with Gasteiger partial charge in [-0.3, -0.25) is 9.40 Å². The van der Waals surface area contributed by atoms with Crippen molar-refractivity contribution in [2.75, 3.05) is 29.9 Å². The highest BCUT2D eigenvalue weighted by Crippen LogP contribution is 2.36. The van der Waals surface area contributed by atoms with Gasteiger partial charge in [0, 0.05) is 55.3 Å². The number of nitrogens with one attached hydrogen (secondary N) is 2. The molecule has 14 heteroatoms. The molecule has 0 unspecified atom stereocenters. The van der Waals surface area contributed by atoms with E-state index in [-0.39, 0.29) is 35.8 Å². The third-order valence-electron chi connectivity index (χ3n) is 5.30. The van der Waals surface area contributed by atoms with Crippen molar-refractivity contribution >= 4 is 27.8 Å². The molecule has 36 heavy (non-hydrogen) atoms. The fraction of sp³-hybridized carbons (Fsp3) is 0.364. The summed E-state index contributed by atoms with van der Waals surface area (Å²) in [5.74, 6) is -1.65. The summed E-state index contributed by atoms with van der Waals surface area (Å²) in [4.78, 5) is 20.9. The van der Waals surface area contributed by atoms with Gasteiger partial charge in [0.2, 0.25) is 16.0 Å². The summed E-state index contributed by atoms with van der Waals surface area (Å²) in [6.45, 7) is 5.65. The molecule has 0 aliphatic heterocycles. The lowest BCUT2D eigenvalue weighted by atomic mass is 10.0. The molecule has 0 saturated carbocycles. The Bertz CT molecular complexity index is 1380. The maximum Gasteiger partial charge on any atom is 0.407 e. The first kappa shape index (κ1) is 26.8. The molecule has 3 rings (SSSR count). The van der Waals surface area contributed by atoms with E-state index in [1.807, 2.05) is 18.6 Å². The number of sulfonamides is 1. The molecular weight excluding hydrogens is 496 g/mol. The van der Waals surface area contributed by atoms with E-state index in [1.54, 1.807) is 23.9 Å². The predicted octanol–water partition coefficient (Wildman–Crippen LogP) is 3.65. The SMILES string of the molecule is CC(C)n1cc(-c2ccnc(NC[C@H](C)N(C)C(=O)O)n2)c(-c2cc(F)cc(NS(C)(=O)=O)c2F)n1. The van der Waals surface area contributed by atoms with Crippen molar-refractivity contribution in [2.24, 2.45) is 0 Å². The van der Waals surface area contributed by atoms with Crippen LogP contribution < -0.4 is 10.0 Å². The van der Waals surface area contributed by atoms with Crippen LogP contribution in [0.3, 0.4) is 0 Å². The number of likely N-dealkylation sites (N-methyl/N-ethyl adjacent to an activating group) is 1. The summed E-state index contributed by atoms with van der Waals surface area (Å²) in [5.41, 5.74) is -0.0324. The van der Waals surface area contributed by atoms with E-state index in [4.69, 9.17) is 5.11 Å². The zero-order valence-corrected chi connectivity index (χ0v) is 21.1. The Morgan fingerprint density at radius 1 is 1.22 bits per heavy atom. The summed E-state index contributed by atoms with van der Waals surface area (Å²) in [7, 11) is -2.42. The van der Waals surface area contributed by atoms with E-state index in [0.717, 1.165) is 23.3 Å². The first-order chi connectivity index (χ1) is 16.8. The second-order valence-electron chi connectivity index (χ2n) is 8.54. The van der Waals surface area contributed by atoms with Gasteiger partial charge in [-0.2, -0.15) is 5.10 Å². The molecule has 2 aromatic heterocycles. The van der Waals surface area contributed by atoms with Gasteiger partial charge in [-0.25, -0.2) is 32.0 Å². The molecule has 2 heterocycles. The van der Waals surface area contributed by atoms with E-state index >= 15 is 4.39 Å². The van der Waals surface area contributed by atoms with Gasteiger partial charge in [0.05, 0.1) is 17.6 Å². The smallest absolute Gasteiger partial charge is 0.407 e. The third-order valence-corrected chi connectivity index (χ3v) is 5.89. The Morgan fingerprint density at radius 2 is 1.92 bits per heavy atom. The summed E-state index contributed by atoms with van der Waals surface area (Å²) in [6, 6.07) is 2.74. The standard InChI is InChI=1S/C22H27F2N7O4S/c1-12(2)31-11-16(17-6-7-25-21(27-17)26-10-13(3)30(4)22(32)33)20(28-31)15-8-14(23)9-18(19(15)24)29-36(5,34)35/h6-9,11-13,29H,10H2,1-5H3,(H,32,33)(H,25,26,27)/t13-/m0/s1. The minimum Gasteiger partial charge on any atom is -0.465 e. The molecule has 0 bridgehead atoms. The zero-order chi connectivity index (χ0) is 26.8. The van der Waals surface area contributed by atoms with Crippen molar-refractivity contribution < 1.29 is 27.1 Å². The van der Waals surface area contributed by atoms with Crippen LogP contribution in [0.2, 0.25) is 0 Å². The minimum atomic E-state index is -3.87. The maximum atomic E-state index is 15.4. The summed E-state index contributed by atoms with van der Waals surface area (Å²) >= 11 is 0. The largest absolute Gasteiger partial charge is 0.465 e. The molecule has 0 aliphatic rings. The Kier molecular flexibility index (Phi) is 7.77. The zero-order valence-electron chi connectivity index (χ0n) is 20.3. The molecule has 0 aliphatic carbocycles. The molecule has 194 valence electrons. The normalized spacial score (nSPS) is 12.4. The van der Waals surface area contributed by atoms with Gasteiger partial charge in [-0.05, 0) is 32.9 Å². The number of rotatable bonds is 9. The van der Waals surface area contributed by atoms with E-state index in [2.05, 4.69) is 20.4 Å². The number of carboxylic acid groups (broad SMARTS) is 1. The van der Waals surface area contributed by atoms with Crippen LogP contribution in [-0.4, -0.2) is 70.2 Å². The van der Waals surface area contributed by atoms with E-state index < -0.39 is 33.4 Å². The average molecular weight is 524 g/mol. The van der Waals surface area contributed by atoms with Gasteiger partial charge in [0.15, 0.2) is 5.82 Å². The maximum absolute atomic E-state index is 15.4. The topological polar surface area (TPSA) is 142 Å². The number of carbonyl (C=O) groups is 1. The summed E-state index contributed by atoms with van der Waals surface area (Å²) in [6.07, 6.45) is 2.85. The molecule has 1 aromatic carbocycles. The van der Waals surface area contributed by atoms with Gasteiger partial charge in [0.1, 0.15) is 11.5 Å². The molecule has 0 spiro atoms. The summed E-state index contributed by atoms with van der Waals surface area (Å²) in [5, 5.41) is 16.5. The van der Waals surface area contributed by atoms with Gasteiger partial charge < -0.3 is 15.3 Å². The van der Waals surface area contributed by atoms with Crippen LogP contribution >= 0.6 is 0 Å². The van der Waals surface area contributed by atoms with E-state index in [1.165, 1.54) is 13.2 Å². The van der Waals surface area contributed by atoms with Gasteiger partial charge in [-0.15, -0.1) is 0 Å². The number of hydrogen-bond acceptors (Lipinski definition) is 7. The minimum absolute atomic E-state index is 0.0564. The molecule has 3 aromatic rings. The Morgan fingerprint density at radius 3 is 2.53 bits per heavy atom. The van der Waals surface area contributed by atoms with E-state index in [0.29, 0.717) is 11.3 Å². The van der Waals surface area contributed by atoms with Gasteiger partial charge in [-0.1, -0.05) is 0 Å². The van der Waals surface area contributed by atoms with Crippen molar-refractivity contribution in [3.8, 4) is 22.5 Å². The fourth-order valence-corrected chi connectivity index (χ4v) is 3.78. The Balaban J connectivity index is 2.06. The number of nitrogens with zero attached hydrogens (tertiary/aromatic N) is 5. The summed E-state index contributed by atoms with van der Waals surface area (Å²) < 4.78 is 56.6. The fourth-order valence-electron chi connectivity index (χ4n) is 3.24. The van der Waals surface area contributed by atoms with Crippen LogP contribution in [0.1, 0.15) is 26.8 Å². The molecule has 3 N–H and O–H groups in total. The number of anilines is 2.